The molecule has 1 heterocycles. The maximum atomic E-state index is 11.9. The van der Waals surface area contributed by atoms with E-state index in [9.17, 15) is 18.0 Å². The number of carbonyl (C=O) groups excluding carboxylic acids is 2. The van der Waals surface area contributed by atoms with Crippen LogP contribution in [-0.4, -0.2) is 70.8 Å². The van der Waals surface area contributed by atoms with Gasteiger partial charge in [0.1, 0.15) is 11.6 Å². The lowest BCUT2D eigenvalue weighted by Gasteiger charge is -2.15. The number of rotatable bonds is 14. The summed E-state index contributed by atoms with van der Waals surface area (Å²) in [5.74, 6) is -1.21. The van der Waals surface area contributed by atoms with Gasteiger partial charge in [-0.15, -0.1) is 0 Å². The molecule has 0 spiro atoms. The Kier molecular flexibility index (Phi) is 10.7. The molecule has 1 aromatic carbocycles. The molecule has 0 bridgehead atoms. The summed E-state index contributed by atoms with van der Waals surface area (Å²) >= 11 is 11.1. The average Bonchev–Trinajstić information content (AvgIpc) is 2.90. The van der Waals surface area contributed by atoms with Gasteiger partial charge in [0.2, 0.25) is 0 Å². The van der Waals surface area contributed by atoms with Crippen LogP contribution in [0.3, 0.4) is 0 Å². The molecule has 0 fully saturated rings. The van der Waals surface area contributed by atoms with Crippen LogP contribution in [0.4, 0.5) is 0 Å². The predicted molar refractivity (Wildman–Crippen MR) is 113 cm³/mol. The fourth-order valence-corrected chi connectivity index (χ4v) is 4.30. The summed E-state index contributed by atoms with van der Waals surface area (Å²) in [6, 6.07) is 9.39. The number of nitrogens with zero attached hydrogens (tertiary/aromatic N) is 1. The first-order valence-corrected chi connectivity index (χ1v) is 11.6. The van der Waals surface area contributed by atoms with Crippen LogP contribution < -0.4 is 0 Å². The van der Waals surface area contributed by atoms with E-state index in [1.54, 1.807) is 0 Å². The number of hydrogen-bond acceptors (Lipinski definition) is 8. The Morgan fingerprint density at radius 1 is 0.903 bits per heavy atom. The molecule has 0 radical (unpaired) electrons. The van der Waals surface area contributed by atoms with Gasteiger partial charge in [-0.3, -0.25) is 9.59 Å². The minimum absolute atomic E-state index is 0.0236. The second-order valence-corrected chi connectivity index (χ2v) is 8.98. The van der Waals surface area contributed by atoms with Gasteiger partial charge >= 0.3 is 5.97 Å². The van der Waals surface area contributed by atoms with E-state index < -0.39 is 25.3 Å². The van der Waals surface area contributed by atoms with Gasteiger partial charge < -0.3 is 18.9 Å². The van der Waals surface area contributed by atoms with Crippen molar-refractivity contribution in [1.29, 1.82) is 0 Å². The van der Waals surface area contributed by atoms with Crippen LogP contribution in [0.1, 0.15) is 12.0 Å². The summed E-state index contributed by atoms with van der Waals surface area (Å²) < 4.78 is 44.6. The number of amides is 1. The molecule has 0 unspecified atom stereocenters. The lowest BCUT2D eigenvalue weighted by molar-refractivity contribution is -0.146. The van der Waals surface area contributed by atoms with Crippen molar-refractivity contribution < 1.29 is 37.0 Å². The van der Waals surface area contributed by atoms with Crippen LogP contribution in [0.15, 0.2) is 39.7 Å². The Morgan fingerprint density at radius 2 is 1.48 bits per heavy atom. The monoisotopic (exact) mass is 495 g/mol. The maximum Gasteiger partial charge on any atom is 0.308 e. The van der Waals surface area contributed by atoms with Crippen molar-refractivity contribution in [3.05, 3.63) is 45.3 Å². The third kappa shape index (κ3) is 8.06. The number of halogens is 2. The van der Waals surface area contributed by atoms with Gasteiger partial charge in [0.15, 0.2) is 4.36 Å². The van der Waals surface area contributed by atoms with Gasteiger partial charge in [-0.25, -0.2) is 4.31 Å². The van der Waals surface area contributed by atoms with Crippen LogP contribution in [0.25, 0.3) is 0 Å². The molecule has 0 aliphatic carbocycles. The first-order chi connectivity index (χ1) is 14.8. The molecule has 9 nitrogen and oxygen atoms in total. The van der Waals surface area contributed by atoms with Crippen LogP contribution in [0.2, 0.25) is 0 Å². The van der Waals surface area contributed by atoms with Gasteiger partial charge in [-0.05, 0) is 5.56 Å². The zero-order chi connectivity index (χ0) is 22.7. The quantitative estimate of drug-likeness (QED) is 0.284. The topological polar surface area (TPSA) is 108 Å². The third-order valence-electron chi connectivity index (χ3n) is 3.98. The summed E-state index contributed by atoms with van der Waals surface area (Å²) in [5.41, 5.74) is 0.922. The van der Waals surface area contributed by atoms with Gasteiger partial charge in [-0.2, -0.15) is 8.42 Å². The first kappa shape index (κ1) is 25.6. The van der Waals surface area contributed by atoms with E-state index in [2.05, 4.69) is 0 Å². The summed E-state index contributed by atoms with van der Waals surface area (Å²) in [4.78, 5) is 23.3. The third-order valence-corrected chi connectivity index (χ3v) is 6.90. The van der Waals surface area contributed by atoms with Crippen molar-refractivity contribution in [2.75, 3.05) is 46.2 Å². The predicted octanol–water partition coefficient (Wildman–Crippen LogP) is 1.99. The fraction of sp³-hybridized carbons (Fsp3) is 0.474. The number of esters is 1. The standard InChI is InChI=1S/C19H23Cl2NO8S/c20-17-18(21)31(25,26)22(19(17)24)7-9-28-11-13-29-12-10-27-8-6-16(23)30-14-15-4-2-1-3-5-15/h1-5H,6-14H2. The van der Waals surface area contributed by atoms with E-state index in [1.807, 2.05) is 30.3 Å². The Labute approximate surface area is 190 Å². The zero-order valence-corrected chi connectivity index (χ0v) is 19.0. The van der Waals surface area contributed by atoms with E-state index >= 15 is 0 Å². The van der Waals surface area contributed by atoms with Gasteiger partial charge in [-0.1, -0.05) is 53.5 Å². The minimum Gasteiger partial charge on any atom is -0.461 e. The van der Waals surface area contributed by atoms with Gasteiger partial charge in [0, 0.05) is 0 Å². The average molecular weight is 496 g/mol. The zero-order valence-electron chi connectivity index (χ0n) is 16.6. The molecule has 0 aromatic heterocycles. The molecule has 1 amide bonds. The number of ether oxygens (including phenoxy) is 4. The normalized spacial score (nSPS) is 15.5. The van der Waals surface area contributed by atoms with Crippen molar-refractivity contribution in [3.63, 3.8) is 0 Å². The van der Waals surface area contributed by atoms with Crippen LogP contribution in [0.5, 0.6) is 0 Å². The Hall–Kier alpha value is -1.69. The number of benzene rings is 1. The molecule has 0 saturated heterocycles. The van der Waals surface area contributed by atoms with Crippen LogP contribution in [0, 0.1) is 0 Å². The largest absolute Gasteiger partial charge is 0.461 e. The number of hydrogen-bond donors (Lipinski definition) is 0. The van der Waals surface area contributed by atoms with Crippen LogP contribution in [-0.2, 0) is 45.2 Å². The highest BCUT2D eigenvalue weighted by molar-refractivity contribution is 7.95. The van der Waals surface area contributed by atoms with Crippen molar-refractivity contribution in [2.45, 2.75) is 13.0 Å². The molecule has 0 N–H and O–H groups in total. The number of sulfonamides is 1. The van der Waals surface area contributed by atoms with E-state index in [4.69, 9.17) is 42.1 Å². The molecule has 2 rings (SSSR count). The molecule has 1 aliphatic heterocycles. The van der Waals surface area contributed by atoms with Crippen molar-refractivity contribution in [1.82, 2.24) is 4.31 Å². The van der Waals surface area contributed by atoms with Crippen molar-refractivity contribution in [3.8, 4) is 0 Å². The lowest BCUT2D eigenvalue weighted by Crippen LogP contribution is -2.34. The minimum atomic E-state index is -4.06. The second kappa shape index (κ2) is 13.0. The maximum absolute atomic E-state index is 11.9. The molecular weight excluding hydrogens is 473 g/mol. The molecule has 0 saturated carbocycles. The highest BCUT2D eigenvalue weighted by Crippen LogP contribution is 2.32. The summed E-state index contributed by atoms with van der Waals surface area (Å²) in [6.45, 7) is 1.29. The summed E-state index contributed by atoms with van der Waals surface area (Å²) in [6.07, 6.45) is 0.150. The Morgan fingerprint density at radius 3 is 2.06 bits per heavy atom. The van der Waals surface area contributed by atoms with E-state index in [0.717, 1.165) is 5.56 Å². The molecule has 1 aromatic rings. The second-order valence-electron chi connectivity index (χ2n) is 6.20. The van der Waals surface area contributed by atoms with E-state index in [1.165, 1.54) is 0 Å². The Balaban J connectivity index is 1.42. The van der Waals surface area contributed by atoms with Gasteiger partial charge in [0.05, 0.1) is 52.6 Å². The molecular formula is C19H23Cl2NO8S. The SMILES string of the molecule is O=C(CCOCCOCCOCCN1C(=O)C(Cl)=C(Cl)S1(=O)=O)OCc1ccccc1. The molecule has 12 heteroatoms. The van der Waals surface area contributed by atoms with E-state index in [-0.39, 0.29) is 52.0 Å². The lowest BCUT2D eigenvalue weighted by atomic mass is 10.2. The first-order valence-electron chi connectivity index (χ1n) is 9.39. The van der Waals surface area contributed by atoms with Gasteiger partial charge in [0.25, 0.3) is 15.9 Å². The molecule has 0 atom stereocenters. The smallest absolute Gasteiger partial charge is 0.308 e. The summed E-state index contributed by atoms with van der Waals surface area (Å²) in [7, 11) is -4.06. The fourth-order valence-electron chi connectivity index (χ4n) is 2.39. The Bertz CT molecular complexity index is 876. The molecule has 31 heavy (non-hydrogen) atoms. The molecule has 172 valence electrons. The summed E-state index contributed by atoms with van der Waals surface area (Å²) in [5, 5.41) is -0.519. The van der Waals surface area contributed by atoms with Crippen molar-refractivity contribution in [2.24, 2.45) is 0 Å². The number of carbonyl (C=O) groups is 2. The van der Waals surface area contributed by atoms with E-state index in [0.29, 0.717) is 17.5 Å². The van der Waals surface area contributed by atoms with Crippen LogP contribution >= 0.6 is 23.2 Å². The van der Waals surface area contributed by atoms with Crippen molar-refractivity contribution >= 4 is 45.1 Å². The highest BCUT2D eigenvalue weighted by Gasteiger charge is 2.42. The highest BCUT2D eigenvalue weighted by atomic mass is 35.5. The molecule has 1 aliphatic rings.